The average Bonchev–Trinajstić information content (AvgIpc) is 2.61. The second-order valence-electron chi connectivity index (χ2n) is 3.31. The second-order valence-corrected chi connectivity index (χ2v) is 3.31. The summed E-state index contributed by atoms with van der Waals surface area (Å²) in [6.07, 6.45) is -0.242. The van der Waals surface area contributed by atoms with Crippen molar-refractivity contribution in [3.8, 4) is 0 Å². The van der Waals surface area contributed by atoms with Crippen molar-refractivity contribution >= 4 is 6.29 Å². The molecule has 3 heteroatoms. The third kappa shape index (κ3) is 1.69. The Labute approximate surface area is 82.6 Å². The molecule has 1 fully saturated rings. The van der Waals surface area contributed by atoms with Crippen molar-refractivity contribution in [2.45, 2.75) is 25.4 Å². The molecule has 0 amide bonds. The lowest BCUT2D eigenvalue weighted by molar-refractivity contribution is -0.134. The molecule has 3 atom stereocenters. The summed E-state index contributed by atoms with van der Waals surface area (Å²) >= 11 is 0. The predicted molar refractivity (Wildman–Crippen MR) is 50.7 cm³/mol. The fourth-order valence-corrected chi connectivity index (χ4v) is 1.63. The van der Waals surface area contributed by atoms with E-state index in [0.717, 1.165) is 5.56 Å². The van der Waals surface area contributed by atoms with Crippen LogP contribution in [0.15, 0.2) is 30.3 Å². The molecule has 0 saturated carbocycles. The molecule has 1 aliphatic rings. The van der Waals surface area contributed by atoms with Gasteiger partial charge < -0.3 is 9.47 Å². The van der Waals surface area contributed by atoms with Gasteiger partial charge in [-0.25, -0.2) is 0 Å². The summed E-state index contributed by atoms with van der Waals surface area (Å²) in [7, 11) is 0. The van der Waals surface area contributed by atoms with Gasteiger partial charge in [-0.15, -0.1) is 0 Å². The smallest absolute Gasteiger partial charge is 0.215 e. The van der Waals surface area contributed by atoms with E-state index in [0.29, 0.717) is 6.29 Å². The number of rotatable bonds is 2. The molecule has 14 heavy (non-hydrogen) atoms. The van der Waals surface area contributed by atoms with Crippen LogP contribution in [0.1, 0.15) is 18.6 Å². The fraction of sp³-hybridized carbons (Fsp3) is 0.364. The Bertz CT molecular complexity index is 310. The van der Waals surface area contributed by atoms with Gasteiger partial charge >= 0.3 is 0 Å². The van der Waals surface area contributed by atoms with Crippen molar-refractivity contribution in [1.29, 1.82) is 0 Å². The first kappa shape index (κ1) is 9.37. The van der Waals surface area contributed by atoms with Gasteiger partial charge in [0.15, 0.2) is 6.29 Å². The van der Waals surface area contributed by atoms with Crippen molar-refractivity contribution in [1.82, 2.24) is 0 Å². The molecule has 1 aliphatic heterocycles. The van der Waals surface area contributed by atoms with E-state index in [9.17, 15) is 4.79 Å². The van der Waals surface area contributed by atoms with E-state index in [1.165, 1.54) is 0 Å². The van der Waals surface area contributed by atoms with Gasteiger partial charge in [-0.05, 0) is 12.5 Å². The van der Waals surface area contributed by atoms with Crippen LogP contribution in [0.4, 0.5) is 0 Å². The maximum absolute atomic E-state index is 10.5. The van der Waals surface area contributed by atoms with E-state index in [-0.39, 0.29) is 12.2 Å². The highest BCUT2D eigenvalue weighted by Gasteiger charge is 2.33. The van der Waals surface area contributed by atoms with Crippen molar-refractivity contribution in [3.05, 3.63) is 35.9 Å². The maximum Gasteiger partial charge on any atom is 0.215 e. The number of hydrogen-bond donors (Lipinski definition) is 0. The molecule has 0 aromatic heterocycles. The van der Waals surface area contributed by atoms with E-state index in [4.69, 9.17) is 9.47 Å². The minimum absolute atomic E-state index is 0.0763. The van der Waals surface area contributed by atoms with Gasteiger partial charge in [-0.3, -0.25) is 4.79 Å². The largest absolute Gasteiger partial charge is 0.340 e. The third-order valence-corrected chi connectivity index (χ3v) is 2.30. The topological polar surface area (TPSA) is 35.5 Å². The molecule has 0 radical (unpaired) electrons. The molecule has 1 aromatic rings. The molecule has 0 N–H and O–H groups in total. The summed E-state index contributed by atoms with van der Waals surface area (Å²) in [4.78, 5) is 10.5. The summed E-state index contributed by atoms with van der Waals surface area (Å²) < 4.78 is 10.7. The zero-order chi connectivity index (χ0) is 9.97. The Morgan fingerprint density at radius 2 is 1.93 bits per heavy atom. The van der Waals surface area contributed by atoms with Crippen LogP contribution in [0.3, 0.4) is 0 Å². The normalized spacial score (nSPS) is 31.6. The van der Waals surface area contributed by atoms with Gasteiger partial charge in [0.25, 0.3) is 0 Å². The van der Waals surface area contributed by atoms with Crippen LogP contribution in [0.25, 0.3) is 0 Å². The van der Waals surface area contributed by atoms with Gasteiger partial charge in [0, 0.05) is 0 Å². The van der Waals surface area contributed by atoms with Gasteiger partial charge in [0.1, 0.15) is 6.10 Å². The number of hydrogen-bond acceptors (Lipinski definition) is 3. The Hall–Kier alpha value is -1.19. The van der Waals surface area contributed by atoms with Gasteiger partial charge in [-0.1, -0.05) is 30.3 Å². The number of aldehydes is 1. The van der Waals surface area contributed by atoms with E-state index >= 15 is 0 Å². The minimum Gasteiger partial charge on any atom is -0.340 e. The molecule has 2 rings (SSSR count). The van der Waals surface area contributed by atoms with E-state index in [1.807, 2.05) is 37.3 Å². The summed E-state index contributed by atoms with van der Waals surface area (Å²) in [5.41, 5.74) is 1.05. The van der Waals surface area contributed by atoms with E-state index in [2.05, 4.69) is 0 Å². The molecule has 1 aromatic carbocycles. The number of carbonyl (C=O) groups is 1. The quantitative estimate of drug-likeness (QED) is 0.669. The second kappa shape index (κ2) is 3.90. The van der Waals surface area contributed by atoms with Crippen LogP contribution in [0.5, 0.6) is 0 Å². The molecule has 0 spiro atoms. The van der Waals surface area contributed by atoms with Gasteiger partial charge in [0.2, 0.25) is 6.29 Å². The summed E-state index contributed by atoms with van der Waals surface area (Å²) in [6.45, 7) is 1.90. The monoisotopic (exact) mass is 192 g/mol. The number of ether oxygens (including phenoxy) is 2. The molecule has 1 saturated heterocycles. The summed E-state index contributed by atoms with van der Waals surface area (Å²) in [5, 5.41) is 0. The number of benzene rings is 1. The third-order valence-electron chi connectivity index (χ3n) is 2.30. The zero-order valence-electron chi connectivity index (χ0n) is 7.92. The van der Waals surface area contributed by atoms with Crippen LogP contribution in [0, 0.1) is 0 Å². The highest BCUT2D eigenvalue weighted by Crippen LogP contribution is 2.31. The van der Waals surface area contributed by atoms with Crippen molar-refractivity contribution in [3.63, 3.8) is 0 Å². The highest BCUT2D eigenvalue weighted by molar-refractivity contribution is 5.54. The first-order chi connectivity index (χ1) is 6.81. The van der Waals surface area contributed by atoms with E-state index in [1.54, 1.807) is 0 Å². The number of carbonyl (C=O) groups excluding carboxylic acids is 1. The Morgan fingerprint density at radius 1 is 1.21 bits per heavy atom. The first-order valence-corrected chi connectivity index (χ1v) is 4.62. The maximum atomic E-state index is 10.5. The molecule has 1 heterocycles. The van der Waals surface area contributed by atoms with Crippen LogP contribution in [0.2, 0.25) is 0 Å². The Morgan fingerprint density at radius 3 is 2.50 bits per heavy atom. The lowest BCUT2D eigenvalue weighted by atomic mass is 10.1. The van der Waals surface area contributed by atoms with E-state index < -0.39 is 6.29 Å². The lowest BCUT2D eigenvalue weighted by Gasteiger charge is -2.12. The lowest BCUT2D eigenvalue weighted by Crippen LogP contribution is -2.10. The summed E-state index contributed by atoms with van der Waals surface area (Å²) in [5.74, 6) is 0. The molecule has 3 nitrogen and oxygen atoms in total. The molecular weight excluding hydrogens is 180 g/mol. The van der Waals surface area contributed by atoms with Gasteiger partial charge in [0.05, 0.1) is 6.10 Å². The zero-order valence-corrected chi connectivity index (χ0v) is 7.92. The average molecular weight is 192 g/mol. The molecule has 3 unspecified atom stereocenters. The molecular formula is C11H12O3. The molecule has 0 aliphatic carbocycles. The van der Waals surface area contributed by atoms with Crippen LogP contribution in [-0.2, 0) is 14.3 Å². The van der Waals surface area contributed by atoms with Crippen LogP contribution >= 0.6 is 0 Å². The minimum atomic E-state index is -0.713. The van der Waals surface area contributed by atoms with Crippen molar-refractivity contribution in [2.75, 3.05) is 0 Å². The van der Waals surface area contributed by atoms with Crippen molar-refractivity contribution < 1.29 is 14.3 Å². The van der Waals surface area contributed by atoms with Crippen LogP contribution < -0.4 is 0 Å². The Kier molecular flexibility index (Phi) is 2.61. The predicted octanol–water partition coefficient (Wildman–Crippen LogP) is 1.69. The fourth-order valence-electron chi connectivity index (χ4n) is 1.63. The Balaban J connectivity index is 2.16. The first-order valence-electron chi connectivity index (χ1n) is 4.62. The van der Waals surface area contributed by atoms with Crippen molar-refractivity contribution in [2.24, 2.45) is 0 Å². The summed E-state index contributed by atoms with van der Waals surface area (Å²) in [6, 6.07) is 9.77. The van der Waals surface area contributed by atoms with Gasteiger partial charge in [-0.2, -0.15) is 0 Å². The van der Waals surface area contributed by atoms with Crippen LogP contribution in [-0.4, -0.2) is 18.7 Å². The highest BCUT2D eigenvalue weighted by atomic mass is 16.7. The molecule has 74 valence electrons. The SMILES string of the molecule is CC1OC(C=O)OC1c1ccccc1. The standard InChI is InChI=1S/C11H12O3/c1-8-11(14-10(7-12)13-8)9-5-3-2-4-6-9/h2-8,10-11H,1H3. The molecule has 0 bridgehead atoms.